The van der Waals surface area contributed by atoms with Crippen LogP contribution < -0.4 is 16.6 Å². The number of aromatic nitrogens is 2. The van der Waals surface area contributed by atoms with Crippen molar-refractivity contribution in [2.75, 3.05) is 6.54 Å². The van der Waals surface area contributed by atoms with Crippen molar-refractivity contribution in [3.8, 4) is 0 Å². The van der Waals surface area contributed by atoms with Gasteiger partial charge in [0.15, 0.2) is 0 Å². The molecule has 0 bridgehead atoms. The molecule has 2 unspecified atom stereocenters. The maximum Gasteiger partial charge on any atom is 0.261 e. The molecule has 0 aliphatic heterocycles. The first-order valence-electron chi connectivity index (χ1n) is 7.62. The Kier molecular flexibility index (Phi) is 4.20. The molecule has 2 aromatic rings. The number of nitrogens with one attached hydrogen (secondary N) is 1. The van der Waals surface area contributed by atoms with Crippen molar-refractivity contribution < 1.29 is 4.79 Å². The van der Waals surface area contributed by atoms with Crippen molar-refractivity contribution in [1.82, 2.24) is 14.9 Å². The quantitative estimate of drug-likeness (QED) is 0.867. The van der Waals surface area contributed by atoms with Crippen molar-refractivity contribution in [1.29, 1.82) is 0 Å². The topological polar surface area (TPSA) is 90.0 Å². The summed E-state index contributed by atoms with van der Waals surface area (Å²) in [6.45, 7) is 0.576. The van der Waals surface area contributed by atoms with Gasteiger partial charge >= 0.3 is 0 Å². The van der Waals surface area contributed by atoms with Crippen LogP contribution in [-0.2, 0) is 11.3 Å². The minimum absolute atomic E-state index is 0.00947. The molecule has 6 heteroatoms. The molecule has 2 atom stereocenters. The molecular formula is C16H20N4O2. The van der Waals surface area contributed by atoms with Crippen LogP contribution in [0, 0.1) is 5.92 Å². The summed E-state index contributed by atoms with van der Waals surface area (Å²) in [6, 6.07) is 7.26. The Morgan fingerprint density at radius 2 is 2.18 bits per heavy atom. The molecule has 3 N–H and O–H groups in total. The summed E-state index contributed by atoms with van der Waals surface area (Å²) < 4.78 is 1.35. The number of fused-ring (bicyclic) bond motifs is 1. The SMILES string of the molecule is NCC1CCCC1NC(=O)Cn1cnc2ccccc2c1=O. The van der Waals surface area contributed by atoms with E-state index < -0.39 is 0 Å². The van der Waals surface area contributed by atoms with E-state index >= 15 is 0 Å². The lowest BCUT2D eigenvalue weighted by molar-refractivity contribution is -0.122. The van der Waals surface area contributed by atoms with Crippen molar-refractivity contribution in [3.05, 3.63) is 40.9 Å². The average Bonchev–Trinajstić information content (AvgIpc) is 2.97. The summed E-state index contributed by atoms with van der Waals surface area (Å²) in [5, 5.41) is 3.52. The number of nitrogens with two attached hydrogens (primary N) is 1. The molecule has 1 aromatic carbocycles. The minimum Gasteiger partial charge on any atom is -0.351 e. The molecule has 1 saturated carbocycles. The predicted molar refractivity (Wildman–Crippen MR) is 84.3 cm³/mol. The summed E-state index contributed by atoms with van der Waals surface area (Å²) in [5.74, 6) is 0.180. The summed E-state index contributed by atoms with van der Waals surface area (Å²) >= 11 is 0. The van der Waals surface area contributed by atoms with Crippen molar-refractivity contribution in [2.24, 2.45) is 11.7 Å². The minimum atomic E-state index is -0.192. The van der Waals surface area contributed by atoms with Gasteiger partial charge in [0.05, 0.1) is 17.2 Å². The lowest BCUT2D eigenvalue weighted by Crippen LogP contribution is -2.42. The number of benzene rings is 1. The van der Waals surface area contributed by atoms with E-state index in [4.69, 9.17) is 5.73 Å². The molecule has 1 heterocycles. The Morgan fingerprint density at radius 3 is 3.00 bits per heavy atom. The summed E-state index contributed by atoms with van der Waals surface area (Å²) in [7, 11) is 0. The number of nitrogens with zero attached hydrogens (tertiary/aromatic N) is 2. The first-order valence-corrected chi connectivity index (χ1v) is 7.62. The Hall–Kier alpha value is -2.21. The molecule has 1 amide bonds. The number of hydrogen-bond donors (Lipinski definition) is 2. The molecule has 1 aliphatic carbocycles. The maximum atomic E-state index is 12.3. The van der Waals surface area contributed by atoms with Gasteiger partial charge in [-0.15, -0.1) is 0 Å². The van der Waals surface area contributed by atoms with Crippen LogP contribution in [-0.4, -0.2) is 28.0 Å². The third kappa shape index (κ3) is 2.87. The molecular weight excluding hydrogens is 280 g/mol. The summed E-state index contributed by atoms with van der Waals surface area (Å²) in [4.78, 5) is 28.7. The number of carbonyl (C=O) groups is 1. The van der Waals surface area contributed by atoms with Gasteiger partial charge < -0.3 is 11.1 Å². The van der Waals surface area contributed by atoms with Crippen molar-refractivity contribution in [2.45, 2.75) is 31.8 Å². The highest BCUT2D eigenvalue weighted by Crippen LogP contribution is 2.24. The monoisotopic (exact) mass is 300 g/mol. The van der Waals surface area contributed by atoms with Crippen LogP contribution in [0.2, 0.25) is 0 Å². The standard InChI is InChI=1S/C16H20N4O2/c17-8-11-4-3-7-13(11)19-15(21)9-20-10-18-14-6-2-1-5-12(14)16(20)22/h1-2,5-6,10-11,13H,3-4,7-9,17H2,(H,19,21). The molecule has 1 aliphatic rings. The Labute approximate surface area is 128 Å². The number of carbonyl (C=O) groups excluding carboxylic acids is 1. The van der Waals surface area contributed by atoms with E-state index in [1.165, 1.54) is 10.9 Å². The molecule has 0 spiro atoms. The van der Waals surface area contributed by atoms with E-state index in [-0.39, 0.29) is 24.1 Å². The van der Waals surface area contributed by atoms with Crippen LogP contribution >= 0.6 is 0 Å². The zero-order valence-electron chi connectivity index (χ0n) is 12.4. The van der Waals surface area contributed by atoms with E-state index in [0.717, 1.165) is 19.3 Å². The molecule has 0 saturated heterocycles. The predicted octanol–water partition coefficient (Wildman–Crippen LogP) is 0.640. The first-order chi connectivity index (χ1) is 10.7. The normalized spacial score (nSPS) is 21.1. The molecule has 6 nitrogen and oxygen atoms in total. The second-order valence-electron chi connectivity index (χ2n) is 5.80. The van der Waals surface area contributed by atoms with Gasteiger partial charge in [0.1, 0.15) is 6.54 Å². The number of amides is 1. The summed E-state index contributed by atoms with van der Waals surface area (Å²) in [6.07, 6.45) is 4.53. The Balaban J connectivity index is 1.74. The average molecular weight is 300 g/mol. The van der Waals surface area contributed by atoms with E-state index in [2.05, 4.69) is 10.3 Å². The van der Waals surface area contributed by atoms with Crippen molar-refractivity contribution in [3.63, 3.8) is 0 Å². The second kappa shape index (κ2) is 6.27. The summed E-state index contributed by atoms with van der Waals surface area (Å²) in [5.41, 5.74) is 6.17. The van der Waals surface area contributed by atoms with Gasteiger partial charge in [0, 0.05) is 6.04 Å². The Morgan fingerprint density at radius 1 is 1.36 bits per heavy atom. The third-order valence-corrected chi connectivity index (χ3v) is 4.35. The Bertz CT molecular complexity index is 740. The molecule has 22 heavy (non-hydrogen) atoms. The molecule has 1 fully saturated rings. The highest BCUT2D eigenvalue weighted by molar-refractivity contribution is 5.79. The fraction of sp³-hybridized carbons (Fsp3) is 0.438. The molecule has 1 aromatic heterocycles. The van der Waals surface area contributed by atoms with Gasteiger partial charge in [-0.25, -0.2) is 4.98 Å². The third-order valence-electron chi connectivity index (χ3n) is 4.35. The van der Waals surface area contributed by atoms with Gasteiger partial charge in [-0.1, -0.05) is 18.6 Å². The van der Waals surface area contributed by atoms with Crippen LogP contribution in [0.3, 0.4) is 0 Å². The zero-order valence-corrected chi connectivity index (χ0v) is 12.4. The maximum absolute atomic E-state index is 12.3. The van der Waals surface area contributed by atoms with E-state index in [1.807, 2.05) is 6.07 Å². The van der Waals surface area contributed by atoms with E-state index in [1.54, 1.807) is 18.2 Å². The molecule has 3 rings (SSSR count). The number of hydrogen-bond acceptors (Lipinski definition) is 4. The largest absolute Gasteiger partial charge is 0.351 e. The fourth-order valence-corrected chi connectivity index (χ4v) is 3.13. The lowest BCUT2D eigenvalue weighted by atomic mass is 10.0. The lowest BCUT2D eigenvalue weighted by Gasteiger charge is -2.19. The van der Waals surface area contributed by atoms with Crippen LogP contribution in [0.25, 0.3) is 10.9 Å². The van der Waals surface area contributed by atoms with Gasteiger partial charge in [-0.2, -0.15) is 0 Å². The van der Waals surface area contributed by atoms with Gasteiger partial charge in [0.2, 0.25) is 5.91 Å². The van der Waals surface area contributed by atoms with Crippen molar-refractivity contribution >= 4 is 16.8 Å². The highest BCUT2D eigenvalue weighted by atomic mass is 16.2. The van der Waals surface area contributed by atoms with Crippen LogP contribution in [0.4, 0.5) is 0 Å². The smallest absolute Gasteiger partial charge is 0.261 e. The van der Waals surface area contributed by atoms with Gasteiger partial charge in [-0.3, -0.25) is 14.2 Å². The van der Waals surface area contributed by atoms with E-state index in [9.17, 15) is 9.59 Å². The molecule has 0 radical (unpaired) electrons. The van der Waals surface area contributed by atoms with E-state index in [0.29, 0.717) is 23.4 Å². The zero-order chi connectivity index (χ0) is 15.5. The highest BCUT2D eigenvalue weighted by Gasteiger charge is 2.27. The molecule has 116 valence electrons. The second-order valence-corrected chi connectivity index (χ2v) is 5.80. The van der Waals surface area contributed by atoms with Crippen LogP contribution in [0.5, 0.6) is 0 Å². The van der Waals surface area contributed by atoms with Crippen LogP contribution in [0.15, 0.2) is 35.4 Å². The van der Waals surface area contributed by atoms with Crippen LogP contribution in [0.1, 0.15) is 19.3 Å². The van der Waals surface area contributed by atoms with Gasteiger partial charge in [-0.05, 0) is 37.4 Å². The number of rotatable bonds is 4. The number of para-hydroxylation sites is 1. The van der Waals surface area contributed by atoms with Gasteiger partial charge in [0.25, 0.3) is 5.56 Å². The first kappa shape index (κ1) is 14.7. The fourth-order valence-electron chi connectivity index (χ4n) is 3.13.